The van der Waals surface area contributed by atoms with Gasteiger partial charge in [0.1, 0.15) is 5.75 Å². The summed E-state index contributed by atoms with van der Waals surface area (Å²) < 4.78 is 5.71. The first-order valence-electron chi connectivity index (χ1n) is 7.24. The maximum Gasteiger partial charge on any atom is 0.226 e. The van der Waals surface area contributed by atoms with Crippen molar-refractivity contribution in [2.45, 2.75) is 32.7 Å². The van der Waals surface area contributed by atoms with Crippen LogP contribution in [0.15, 0.2) is 18.2 Å². The maximum absolute atomic E-state index is 12.1. The van der Waals surface area contributed by atoms with Gasteiger partial charge in [0.25, 0.3) is 0 Å². The van der Waals surface area contributed by atoms with E-state index in [1.54, 1.807) is 0 Å². The Morgan fingerprint density at radius 1 is 1.45 bits per heavy atom. The van der Waals surface area contributed by atoms with E-state index < -0.39 is 0 Å². The molecule has 1 amide bonds. The Bertz CT molecular complexity index is 468. The van der Waals surface area contributed by atoms with Crippen LogP contribution in [0, 0.1) is 13.8 Å². The fourth-order valence-electron chi connectivity index (χ4n) is 2.56. The SMILES string of the molecule is Cc1ccc(OCCC(=O)N(C)[C@@H]2CCNC2)c(C)c1. The number of rotatable bonds is 5. The molecule has 0 unspecified atom stereocenters. The summed E-state index contributed by atoms with van der Waals surface area (Å²) >= 11 is 0. The Morgan fingerprint density at radius 2 is 2.25 bits per heavy atom. The molecule has 4 heteroatoms. The zero-order valence-corrected chi connectivity index (χ0v) is 12.6. The van der Waals surface area contributed by atoms with Gasteiger partial charge < -0.3 is 15.0 Å². The lowest BCUT2D eigenvalue weighted by molar-refractivity contribution is -0.132. The van der Waals surface area contributed by atoms with Crippen LogP contribution < -0.4 is 10.1 Å². The van der Waals surface area contributed by atoms with Gasteiger partial charge in [-0.2, -0.15) is 0 Å². The van der Waals surface area contributed by atoms with Gasteiger partial charge in [-0.05, 0) is 38.4 Å². The molecule has 20 heavy (non-hydrogen) atoms. The highest BCUT2D eigenvalue weighted by Crippen LogP contribution is 2.19. The smallest absolute Gasteiger partial charge is 0.226 e. The van der Waals surface area contributed by atoms with E-state index in [2.05, 4.69) is 18.3 Å². The second-order valence-corrected chi connectivity index (χ2v) is 5.52. The summed E-state index contributed by atoms with van der Waals surface area (Å²) in [6.45, 7) is 6.43. The molecule has 2 rings (SSSR count). The zero-order valence-electron chi connectivity index (χ0n) is 12.6. The fraction of sp³-hybridized carbons (Fsp3) is 0.562. The van der Waals surface area contributed by atoms with Crippen molar-refractivity contribution in [1.82, 2.24) is 10.2 Å². The molecule has 0 bridgehead atoms. The summed E-state index contributed by atoms with van der Waals surface area (Å²) in [5.74, 6) is 1.03. The Kier molecular flexibility index (Phi) is 5.01. The van der Waals surface area contributed by atoms with Crippen LogP contribution in [0.1, 0.15) is 24.0 Å². The van der Waals surface area contributed by atoms with E-state index in [-0.39, 0.29) is 5.91 Å². The van der Waals surface area contributed by atoms with E-state index in [0.29, 0.717) is 19.1 Å². The molecule has 4 nitrogen and oxygen atoms in total. The van der Waals surface area contributed by atoms with E-state index in [4.69, 9.17) is 4.74 Å². The number of nitrogens with zero attached hydrogens (tertiary/aromatic N) is 1. The summed E-state index contributed by atoms with van der Waals surface area (Å²) in [5.41, 5.74) is 2.34. The van der Waals surface area contributed by atoms with E-state index in [1.807, 2.05) is 31.0 Å². The van der Waals surface area contributed by atoms with Crippen molar-refractivity contribution < 1.29 is 9.53 Å². The Balaban J connectivity index is 1.78. The van der Waals surface area contributed by atoms with Gasteiger partial charge in [-0.1, -0.05) is 17.7 Å². The third-order valence-electron chi connectivity index (χ3n) is 3.88. The van der Waals surface area contributed by atoms with Crippen LogP contribution in [-0.2, 0) is 4.79 Å². The Morgan fingerprint density at radius 3 is 2.90 bits per heavy atom. The van der Waals surface area contributed by atoms with Crippen molar-refractivity contribution >= 4 is 5.91 Å². The lowest BCUT2D eigenvalue weighted by Crippen LogP contribution is -2.38. The first-order valence-corrected chi connectivity index (χ1v) is 7.24. The molecule has 0 spiro atoms. The Hall–Kier alpha value is -1.55. The van der Waals surface area contributed by atoms with Crippen LogP contribution >= 0.6 is 0 Å². The molecule has 0 aliphatic carbocycles. The minimum absolute atomic E-state index is 0.156. The molecule has 1 saturated heterocycles. The number of benzene rings is 1. The highest BCUT2D eigenvalue weighted by atomic mass is 16.5. The second-order valence-electron chi connectivity index (χ2n) is 5.52. The van der Waals surface area contributed by atoms with Crippen molar-refractivity contribution in [3.8, 4) is 5.75 Å². The third kappa shape index (κ3) is 3.73. The monoisotopic (exact) mass is 276 g/mol. The molecule has 1 aliphatic heterocycles. The largest absolute Gasteiger partial charge is 0.493 e. The number of hydrogen-bond donors (Lipinski definition) is 1. The van der Waals surface area contributed by atoms with Crippen LogP contribution in [0.5, 0.6) is 5.75 Å². The van der Waals surface area contributed by atoms with Gasteiger partial charge in [-0.15, -0.1) is 0 Å². The molecule has 1 aromatic rings. The standard InChI is InChI=1S/C16H24N2O2/c1-12-4-5-15(13(2)10-12)20-9-7-16(19)18(3)14-6-8-17-11-14/h4-5,10,14,17H,6-9,11H2,1-3H3/t14-/m1/s1. The van der Waals surface area contributed by atoms with Gasteiger partial charge >= 0.3 is 0 Å². The molecular formula is C16H24N2O2. The minimum Gasteiger partial charge on any atom is -0.493 e. The van der Waals surface area contributed by atoms with E-state index in [9.17, 15) is 4.79 Å². The van der Waals surface area contributed by atoms with E-state index in [1.165, 1.54) is 5.56 Å². The van der Waals surface area contributed by atoms with Crippen molar-refractivity contribution in [2.75, 3.05) is 26.7 Å². The number of ether oxygens (including phenoxy) is 1. The highest BCUT2D eigenvalue weighted by Gasteiger charge is 2.22. The summed E-state index contributed by atoms with van der Waals surface area (Å²) in [6, 6.07) is 6.43. The molecule has 1 aromatic carbocycles. The first kappa shape index (κ1) is 14.9. The summed E-state index contributed by atoms with van der Waals surface area (Å²) in [7, 11) is 1.89. The molecule has 1 aliphatic rings. The van der Waals surface area contributed by atoms with Gasteiger partial charge in [0.15, 0.2) is 0 Å². The predicted molar refractivity (Wildman–Crippen MR) is 80.1 cm³/mol. The lowest BCUT2D eigenvalue weighted by atomic mass is 10.1. The number of nitrogens with one attached hydrogen (secondary N) is 1. The van der Waals surface area contributed by atoms with Gasteiger partial charge in [0, 0.05) is 19.6 Å². The summed E-state index contributed by atoms with van der Waals surface area (Å²) in [4.78, 5) is 13.9. The average Bonchev–Trinajstić information content (AvgIpc) is 2.94. The molecule has 0 radical (unpaired) electrons. The lowest BCUT2D eigenvalue weighted by Gasteiger charge is -2.23. The highest BCUT2D eigenvalue weighted by molar-refractivity contribution is 5.76. The second kappa shape index (κ2) is 6.75. The number of carbonyl (C=O) groups excluding carboxylic acids is 1. The molecule has 1 heterocycles. The number of aryl methyl sites for hydroxylation is 2. The topological polar surface area (TPSA) is 41.6 Å². The van der Waals surface area contributed by atoms with Crippen molar-refractivity contribution in [1.29, 1.82) is 0 Å². The molecular weight excluding hydrogens is 252 g/mol. The number of likely N-dealkylation sites (N-methyl/N-ethyl adjacent to an activating group) is 1. The molecule has 0 aromatic heterocycles. The number of amides is 1. The van der Waals surface area contributed by atoms with E-state index >= 15 is 0 Å². The first-order chi connectivity index (χ1) is 9.58. The zero-order chi connectivity index (χ0) is 14.5. The molecule has 110 valence electrons. The number of hydrogen-bond acceptors (Lipinski definition) is 3. The van der Waals surface area contributed by atoms with Gasteiger partial charge in [0.05, 0.1) is 13.0 Å². The van der Waals surface area contributed by atoms with Crippen molar-refractivity contribution in [2.24, 2.45) is 0 Å². The normalized spacial score (nSPS) is 18.1. The number of carbonyl (C=O) groups is 1. The van der Waals surface area contributed by atoms with Gasteiger partial charge in [-0.25, -0.2) is 0 Å². The van der Waals surface area contributed by atoms with E-state index in [0.717, 1.165) is 30.8 Å². The van der Waals surface area contributed by atoms with Crippen molar-refractivity contribution in [3.05, 3.63) is 29.3 Å². The third-order valence-corrected chi connectivity index (χ3v) is 3.88. The van der Waals surface area contributed by atoms with Crippen LogP contribution in [0.4, 0.5) is 0 Å². The predicted octanol–water partition coefficient (Wildman–Crippen LogP) is 1.89. The molecule has 1 atom stereocenters. The maximum atomic E-state index is 12.1. The van der Waals surface area contributed by atoms with Crippen LogP contribution in [-0.4, -0.2) is 43.6 Å². The van der Waals surface area contributed by atoms with Crippen molar-refractivity contribution in [3.63, 3.8) is 0 Å². The van der Waals surface area contributed by atoms with Crippen LogP contribution in [0.25, 0.3) is 0 Å². The summed E-state index contributed by atoms with van der Waals surface area (Å²) in [5, 5.41) is 3.28. The van der Waals surface area contributed by atoms with Gasteiger partial charge in [-0.3, -0.25) is 4.79 Å². The quantitative estimate of drug-likeness (QED) is 0.893. The molecule has 1 fully saturated rings. The molecule has 0 saturated carbocycles. The van der Waals surface area contributed by atoms with Crippen LogP contribution in [0.2, 0.25) is 0 Å². The average molecular weight is 276 g/mol. The van der Waals surface area contributed by atoms with Gasteiger partial charge in [0.2, 0.25) is 5.91 Å². The Labute approximate surface area is 121 Å². The fourth-order valence-corrected chi connectivity index (χ4v) is 2.56. The van der Waals surface area contributed by atoms with Crippen LogP contribution in [0.3, 0.4) is 0 Å². The molecule has 1 N–H and O–H groups in total. The summed E-state index contributed by atoms with van der Waals surface area (Å²) in [6.07, 6.45) is 1.47. The minimum atomic E-state index is 0.156.